The number of hydrogen-bond acceptors (Lipinski definition) is 3. The van der Waals surface area contributed by atoms with Crippen molar-refractivity contribution in [1.82, 2.24) is 9.97 Å². The molecule has 1 aromatic heterocycles. The van der Waals surface area contributed by atoms with Crippen molar-refractivity contribution in [3.63, 3.8) is 0 Å². The Balaban J connectivity index is 0.00000220. The maximum atomic E-state index is 5.84. The van der Waals surface area contributed by atoms with E-state index in [9.17, 15) is 0 Å². The van der Waals surface area contributed by atoms with Crippen molar-refractivity contribution in [2.24, 2.45) is 10.7 Å². The highest BCUT2D eigenvalue weighted by Crippen LogP contribution is 2.05. The molecule has 2 aromatic rings. The second kappa shape index (κ2) is 7.59. The van der Waals surface area contributed by atoms with E-state index in [2.05, 4.69) is 39.3 Å². The predicted molar refractivity (Wildman–Crippen MR) is 88.9 cm³/mol. The first-order chi connectivity index (χ1) is 9.52. The van der Waals surface area contributed by atoms with Crippen LogP contribution < -0.4 is 11.1 Å². The quantitative estimate of drug-likeness (QED) is 0.675. The topological polar surface area (TPSA) is 76.2 Å². The minimum absolute atomic E-state index is 0. The van der Waals surface area contributed by atoms with Crippen LogP contribution in [0.4, 0.5) is 5.95 Å². The zero-order valence-corrected chi connectivity index (χ0v) is 13.2. The molecule has 0 aliphatic rings. The molecular weight excluding hydrogens is 286 g/mol. The standard InChI is InChI=1S/C15H19N5.ClH/c1-10-4-6-13(7-5-10)9-17-14(16)20-15-18-11(2)8-12(3)19-15;/h4-8H,9H2,1-3H3,(H3,16,17,18,19,20);1H. The molecule has 6 heteroatoms. The normalized spacial score (nSPS) is 10.9. The summed E-state index contributed by atoms with van der Waals surface area (Å²) in [6.45, 7) is 6.42. The van der Waals surface area contributed by atoms with Crippen LogP contribution >= 0.6 is 12.4 Å². The van der Waals surface area contributed by atoms with Gasteiger partial charge in [0.25, 0.3) is 0 Å². The first-order valence-corrected chi connectivity index (χ1v) is 6.48. The van der Waals surface area contributed by atoms with Crippen LogP contribution in [0, 0.1) is 20.8 Å². The van der Waals surface area contributed by atoms with E-state index in [0.717, 1.165) is 17.0 Å². The van der Waals surface area contributed by atoms with Crippen molar-refractivity contribution < 1.29 is 0 Å². The van der Waals surface area contributed by atoms with Gasteiger partial charge in [0.2, 0.25) is 5.95 Å². The van der Waals surface area contributed by atoms with Crippen LogP contribution in [0.1, 0.15) is 22.5 Å². The lowest BCUT2D eigenvalue weighted by atomic mass is 10.1. The van der Waals surface area contributed by atoms with E-state index in [0.29, 0.717) is 18.5 Å². The monoisotopic (exact) mass is 305 g/mol. The van der Waals surface area contributed by atoms with E-state index in [-0.39, 0.29) is 12.4 Å². The van der Waals surface area contributed by atoms with Crippen LogP contribution in [-0.4, -0.2) is 15.9 Å². The second-order valence-corrected chi connectivity index (χ2v) is 4.79. The van der Waals surface area contributed by atoms with Crippen molar-refractivity contribution >= 4 is 24.3 Å². The minimum atomic E-state index is 0. The van der Waals surface area contributed by atoms with Crippen LogP contribution in [0.15, 0.2) is 35.3 Å². The van der Waals surface area contributed by atoms with Crippen molar-refractivity contribution in [3.8, 4) is 0 Å². The lowest BCUT2D eigenvalue weighted by Gasteiger charge is -2.06. The van der Waals surface area contributed by atoms with Crippen molar-refractivity contribution in [3.05, 3.63) is 52.8 Å². The van der Waals surface area contributed by atoms with E-state index in [1.165, 1.54) is 5.56 Å². The van der Waals surface area contributed by atoms with E-state index in [1.54, 1.807) is 0 Å². The van der Waals surface area contributed by atoms with Gasteiger partial charge in [-0.25, -0.2) is 15.0 Å². The zero-order valence-electron chi connectivity index (χ0n) is 12.4. The molecule has 3 N–H and O–H groups in total. The number of nitrogens with one attached hydrogen (secondary N) is 1. The SMILES string of the molecule is Cc1ccc(CN=C(N)Nc2nc(C)cc(C)n2)cc1.Cl. The number of nitrogens with zero attached hydrogens (tertiary/aromatic N) is 3. The molecule has 0 atom stereocenters. The van der Waals surface area contributed by atoms with Crippen molar-refractivity contribution in [2.45, 2.75) is 27.3 Å². The number of aromatic nitrogens is 2. The smallest absolute Gasteiger partial charge is 0.229 e. The van der Waals surface area contributed by atoms with Gasteiger partial charge in [-0.15, -0.1) is 12.4 Å². The highest BCUT2D eigenvalue weighted by Gasteiger charge is 2.00. The Morgan fingerprint density at radius 1 is 1.10 bits per heavy atom. The number of anilines is 1. The summed E-state index contributed by atoms with van der Waals surface area (Å²) in [6, 6.07) is 10.1. The molecule has 0 aliphatic heterocycles. The molecule has 112 valence electrons. The van der Waals surface area contributed by atoms with Gasteiger partial charge in [0.15, 0.2) is 5.96 Å². The molecule has 0 unspecified atom stereocenters. The van der Waals surface area contributed by atoms with Gasteiger partial charge in [-0.3, -0.25) is 5.32 Å². The number of guanidine groups is 1. The summed E-state index contributed by atoms with van der Waals surface area (Å²) in [5.41, 5.74) is 9.97. The van der Waals surface area contributed by atoms with Gasteiger partial charge >= 0.3 is 0 Å². The number of hydrogen-bond donors (Lipinski definition) is 2. The Morgan fingerprint density at radius 3 is 2.24 bits per heavy atom. The Morgan fingerprint density at radius 2 is 1.67 bits per heavy atom. The summed E-state index contributed by atoms with van der Waals surface area (Å²) >= 11 is 0. The Kier molecular flexibility index (Phi) is 6.11. The van der Waals surface area contributed by atoms with Crippen LogP contribution in [0.2, 0.25) is 0 Å². The molecule has 0 saturated heterocycles. The van der Waals surface area contributed by atoms with Gasteiger partial charge in [0.05, 0.1) is 6.54 Å². The summed E-state index contributed by atoms with van der Waals surface area (Å²) in [5.74, 6) is 0.795. The van der Waals surface area contributed by atoms with Crippen molar-refractivity contribution in [1.29, 1.82) is 0 Å². The van der Waals surface area contributed by atoms with E-state index >= 15 is 0 Å². The lowest BCUT2D eigenvalue weighted by molar-refractivity contribution is 1.04. The van der Waals surface area contributed by atoms with E-state index in [1.807, 2.05) is 32.0 Å². The maximum absolute atomic E-state index is 5.84. The summed E-state index contributed by atoms with van der Waals surface area (Å²) in [6.07, 6.45) is 0. The molecular formula is C15H20ClN5. The third kappa shape index (κ3) is 5.39. The van der Waals surface area contributed by atoms with Gasteiger partial charge in [0, 0.05) is 11.4 Å². The van der Waals surface area contributed by atoms with Crippen LogP contribution in [0.5, 0.6) is 0 Å². The fraction of sp³-hybridized carbons (Fsp3) is 0.267. The predicted octanol–water partition coefficient (Wildman–Crippen LogP) is 2.75. The number of halogens is 1. The van der Waals surface area contributed by atoms with Gasteiger partial charge in [0.1, 0.15) is 0 Å². The third-order valence-corrected chi connectivity index (χ3v) is 2.77. The molecule has 2 rings (SSSR count). The van der Waals surface area contributed by atoms with E-state index < -0.39 is 0 Å². The van der Waals surface area contributed by atoms with Gasteiger partial charge in [-0.05, 0) is 32.4 Å². The first kappa shape index (κ1) is 16.9. The average Bonchev–Trinajstić information content (AvgIpc) is 2.37. The van der Waals surface area contributed by atoms with Crippen LogP contribution in [-0.2, 0) is 6.54 Å². The van der Waals surface area contributed by atoms with Gasteiger partial charge < -0.3 is 5.73 Å². The summed E-state index contributed by atoms with van der Waals surface area (Å²) in [4.78, 5) is 12.8. The molecule has 1 aromatic carbocycles. The Hall–Kier alpha value is -2.14. The van der Waals surface area contributed by atoms with Crippen LogP contribution in [0.25, 0.3) is 0 Å². The highest BCUT2D eigenvalue weighted by molar-refractivity contribution is 5.90. The zero-order chi connectivity index (χ0) is 14.5. The molecule has 0 saturated carbocycles. The van der Waals surface area contributed by atoms with Crippen molar-refractivity contribution in [2.75, 3.05) is 5.32 Å². The molecule has 1 heterocycles. The lowest BCUT2D eigenvalue weighted by Crippen LogP contribution is -2.24. The largest absolute Gasteiger partial charge is 0.370 e. The number of benzene rings is 1. The number of rotatable bonds is 3. The summed E-state index contributed by atoms with van der Waals surface area (Å²) in [5, 5.41) is 2.91. The summed E-state index contributed by atoms with van der Waals surface area (Å²) < 4.78 is 0. The Labute approximate surface area is 131 Å². The Bertz CT molecular complexity index is 602. The third-order valence-electron chi connectivity index (χ3n) is 2.77. The molecule has 0 bridgehead atoms. The molecule has 0 amide bonds. The second-order valence-electron chi connectivity index (χ2n) is 4.79. The van der Waals surface area contributed by atoms with E-state index in [4.69, 9.17) is 5.73 Å². The molecule has 5 nitrogen and oxygen atoms in total. The molecule has 0 spiro atoms. The van der Waals surface area contributed by atoms with Crippen LogP contribution in [0.3, 0.4) is 0 Å². The van der Waals surface area contributed by atoms with Gasteiger partial charge in [-0.1, -0.05) is 29.8 Å². The fourth-order valence-electron chi connectivity index (χ4n) is 1.81. The minimum Gasteiger partial charge on any atom is -0.370 e. The summed E-state index contributed by atoms with van der Waals surface area (Å²) in [7, 11) is 0. The number of aliphatic imine (C=N–C) groups is 1. The first-order valence-electron chi connectivity index (χ1n) is 6.48. The highest BCUT2D eigenvalue weighted by atomic mass is 35.5. The molecule has 21 heavy (non-hydrogen) atoms. The molecule has 0 radical (unpaired) electrons. The fourth-order valence-corrected chi connectivity index (χ4v) is 1.81. The molecule has 0 fully saturated rings. The maximum Gasteiger partial charge on any atom is 0.229 e. The molecule has 0 aliphatic carbocycles. The van der Waals surface area contributed by atoms with Gasteiger partial charge in [-0.2, -0.15) is 0 Å². The average molecular weight is 306 g/mol. The number of aryl methyl sites for hydroxylation is 3. The number of nitrogens with two attached hydrogens (primary N) is 1.